The molecule has 0 unspecified atom stereocenters. The average Bonchev–Trinajstić information content (AvgIpc) is 3.37. The predicted molar refractivity (Wildman–Crippen MR) is 143 cm³/mol. The third-order valence-electron chi connectivity index (χ3n) is 6.85. The molecule has 3 heterocycles. The number of hydrogen-bond acceptors (Lipinski definition) is 8. The van der Waals surface area contributed by atoms with Gasteiger partial charge in [0.25, 0.3) is 11.1 Å². The number of amides is 2. The molecule has 0 saturated carbocycles. The fraction of sp³-hybridized carbons (Fsp3) is 0.423. The molecule has 0 aliphatic carbocycles. The van der Waals surface area contributed by atoms with Gasteiger partial charge in [-0.3, -0.25) is 4.79 Å². The largest absolute Gasteiger partial charge is 0.467 e. The SMILES string of the molecule is CCOC(=O)N1CCN(S(=O)(=O)c2ccc(C(=O)N3CCC(Oc4nc5c(F)cccc5s4)CC3)cc2)CC1. The fourth-order valence-electron chi connectivity index (χ4n) is 4.69. The average molecular weight is 577 g/mol. The van der Waals surface area contributed by atoms with Crippen LogP contribution in [-0.2, 0) is 14.8 Å². The highest BCUT2D eigenvalue weighted by atomic mass is 32.2. The van der Waals surface area contributed by atoms with E-state index < -0.39 is 16.1 Å². The normalized spacial score (nSPS) is 17.4. The van der Waals surface area contributed by atoms with Crippen LogP contribution in [0, 0.1) is 5.82 Å². The van der Waals surface area contributed by atoms with Gasteiger partial charge in [0.05, 0.1) is 16.2 Å². The van der Waals surface area contributed by atoms with Crippen LogP contribution in [0.4, 0.5) is 9.18 Å². The lowest BCUT2D eigenvalue weighted by molar-refractivity contribution is 0.0595. The summed E-state index contributed by atoms with van der Waals surface area (Å²) >= 11 is 1.30. The minimum Gasteiger partial charge on any atom is -0.467 e. The zero-order valence-corrected chi connectivity index (χ0v) is 23.0. The number of piperidine rings is 1. The molecule has 2 aliphatic heterocycles. The number of para-hydroxylation sites is 1. The Morgan fingerprint density at radius 3 is 2.33 bits per heavy atom. The first-order chi connectivity index (χ1) is 18.8. The van der Waals surface area contributed by atoms with Crippen molar-refractivity contribution in [3.63, 3.8) is 0 Å². The van der Waals surface area contributed by atoms with Crippen molar-refractivity contribution < 1.29 is 31.9 Å². The van der Waals surface area contributed by atoms with Crippen LogP contribution in [0.1, 0.15) is 30.1 Å². The first-order valence-corrected chi connectivity index (χ1v) is 15.0. The smallest absolute Gasteiger partial charge is 0.409 e. The molecule has 2 fully saturated rings. The van der Waals surface area contributed by atoms with Crippen LogP contribution >= 0.6 is 11.3 Å². The molecule has 0 radical (unpaired) electrons. The number of rotatable bonds is 6. The number of ether oxygens (including phenoxy) is 2. The summed E-state index contributed by atoms with van der Waals surface area (Å²) < 4.78 is 53.1. The van der Waals surface area contributed by atoms with E-state index in [1.165, 1.54) is 50.9 Å². The van der Waals surface area contributed by atoms with Crippen LogP contribution in [-0.4, -0.2) is 91.5 Å². The molecule has 208 valence electrons. The molecule has 2 saturated heterocycles. The number of halogens is 1. The van der Waals surface area contributed by atoms with E-state index in [2.05, 4.69) is 4.98 Å². The summed E-state index contributed by atoms with van der Waals surface area (Å²) in [5.74, 6) is -0.558. The molecule has 39 heavy (non-hydrogen) atoms. The minimum atomic E-state index is -3.76. The molecule has 0 spiro atoms. The van der Waals surface area contributed by atoms with Gasteiger partial charge >= 0.3 is 6.09 Å². The maximum Gasteiger partial charge on any atom is 0.409 e. The van der Waals surface area contributed by atoms with Gasteiger partial charge in [-0.2, -0.15) is 9.29 Å². The molecular formula is C26H29FN4O6S2. The minimum absolute atomic E-state index is 0.100. The van der Waals surface area contributed by atoms with Crippen molar-refractivity contribution in [2.24, 2.45) is 0 Å². The van der Waals surface area contributed by atoms with Crippen molar-refractivity contribution in [1.82, 2.24) is 19.1 Å². The molecular weight excluding hydrogens is 547 g/mol. The Bertz CT molecular complexity index is 1450. The van der Waals surface area contributed by atoms with Gasteiger partial charge in [-0.1, -0.05) is 17.4 Å². The van der Waals surface area contributed by atoms with E-state index in [1.807, 2.05) is 0 Å². The first kappa shape index (κ1) is 27.3. The third kappa shape index (κ3) is 5.85. The highest BCUT2D eigenvalue weighted by Gasteiger charge is 2.31. The Labute approximate surface area is 230 Å². The lowest BCUT2D eigenvalue weighted by atomic mass is 10.1. The van der Waals surface area contributed by atoms with Crippen molar-refractivity contribution >= 4 is 43.6 Å². The Balaban J connectivity index is 1.15. The van der Waals surface area contributed by atoms with E-state index in [1.54, 1.807) is 24.0 Å². The number of sulfonamides is 1. The molecule has 0 N–H and O–H groups in total. The summed E-state index contributed by atoms with van der Waals surface area (Å²) in [7, 11) is -3.76. The maximum absolute atomic E-state index is 13.9. The molecule has 10 nitrogen and oxygen atoms in total. The molecule has 5 rings (SSSR count). The fourth-order valence-corrected chi connectivity index (χ4v) is 7.01. The summed E-state index contributed by atoms with van der Waals surface area (Å²) in [5.41, 5.74) is 0.705. The molecule has 2 aromatic carbocycles. The number of aromatic nitrogens is 1. The van der Waals surface area contributed by atoms with Crippen LogP contribution in [0.2, 0.25) is 0 Å². The summed E-state index contributed by atoms with van der Waals surface area (Å²) in [6.07, 6.45) is 0.637. The number of hydrogen-bond donors (Lipinski definition) is 0. The lowest BCUT2D eigenvalue weighted by Crippen LogP contribution is -2.50. The number of carbonyl (C=O) groups excluding carboxylic acids is 2. The van der Waals surface area contributed by atoms with E-state index in [0.29, 0.717) is 42.2 Å². The van der Waals surface area contributed by atoms with Crippen molar-refractivity contribution in [2.45, 2.75) is 30.8 Å². The van der Waals surface area contributed by atoms with Crippen LogP contribution in [0.5, 0.6) is 5.19 Å². The Hall–Kier alpha value is -3.29. The first-order valence-electron chi connectivity index (χ1n) is 12.8. The second-order valence-corrected chi connectivity index (χ2v) is 12.2. The van der Waals surface area contributed by atoms with E-state index in [4.69, 9.17) is 9.47 Å². The summed E-state index contributed by atoms with van der Waals surface area (Å²) in [4.78, 5) is 32.5. The van der Waals surface area contributed by atoms with Gasteiger partial charge in [0.2, 0.25) is 10.0 Å². The van der Waals surface area contributed by atoms with Crippen LogP contribution in [0.15, 0.2) is 47.4 Å². The monoisotopic (exact) mass is 576 g/mol. The molecule has 0 bridgehead atoms. The van der Waals surface area contributed by atoms with Gasteiger partial charge in [-0.05, 0) is 43.3 Å². The second kappa shape index (κ2) is 11.4. The quantitative estimate of drug-likeness (QED) is 0.441. The number of thiazole rings is 1. The van der Waals surface area contributed by atoms with Gasteiger partial charge in [0.15, 0.2) is 0 Å². The molecule has 13 heteroatoms. The maximum atomic E-state index is 13.9. The molecule has 0 atom stereocenters. The molecule has 2 aliphatic rings. The van der Waals surface area contributed by atoms with Gasteiger partial charge in [0.1, 0.15) is 17.4 Å². The number of likely N-dealkylation sites (tertiary alicyclic amines) is 1. The Kier molecular flexibility index (Phi) is 8.01. The van der Waals surface area contributed by atoms with E-state index in [9.17, 15) is 22.4 Å². The second-order valence-electron chi connectivity index (χ2n) is 9.29. The lowest BCUT2D eigenvalue weighted by Gasteiger charge is -2.33. The van der Waals surface area contributed by atoms with Gasteiger partial charge in [-0.25, -0.2) is 17.6 Å². The summed E-state index contributed by atoms with van der Waals surface area (Å²) in [6, 6.07) is 10.8. The highest BCUT2D eigenvalue weighted by molar-refractivity contribution is 7.89. The van der Waals surface area contributed by atoms with Crippen molar-refractivity contribution in [1.29, 1.82) is 0 Å². The number of fused-ring (bicyclic) bond motifs is 1. The standard InChI is InChI=1S/C26H29FN4O6S2/c1-2-36-26(33)30-14-16-31(17-15-30)39(34,35)20-8-6-18(7-9-20)24(32)29-12-10-19(11-13-29)37-25-28-23-21(27)4-3-5-22(23)38-25/h3-9,19H,2,10-17H2,1H3. The van der Waals surface area contributed by atoms with Crippen molar-refractivity contribution in [2.75, 3.05) is 45.9 Å². The topological polar surface area (TPSA) is 109 Å². The van der Waals surface area contributed by atoms with E-state index in [0.717, 1.165) is 4.70 Å². The Morgan fingerprint density at radius 2 is 1.69 bits per heavy atom. The van der Waals surface area contributed by atoms with Gasteiger partial charge in [0, 0.05) is 57.7 Å². The zero-order chi connectivity index (χ0) is 27.6. The summed E-state index contributed by atoms with van der Waals surface area (Å²) in [5, 5.41) is 0.416. The number of benzene rings is 2. The van der Waals surface area contributed by atoms with Gasteiger partial charge in [-0.15, -0.1) is 0 Å². The number of carbonyl (C=O) groups is 2. The van der Waals surface area contributed by atoms with E-state index >= 15 is 0 Å². The third-order valence-corrected chi connectivity index (χ3v) is 9.67. The Morgan fingerprint density at radius 1 is 1.00 bits per heavy atom. The van der Waals surface area contributed by atoms with Crippen LogP contribution in [0.25, 0.3) is 10.2 Å². The van der Waals surface area contributed by atoms with Crippen molar-refractivity contribution in [3.8, 4) is 5.19 Å². The van der Waals surface area contributed by atoms with Gasteiger partial charge < -0.3 is 19.3 Å². The molecule has 3 aromatic rings. The molecule has 2 amide bonds. The number of nitrogens with zero attached hydrogens (tertiary/aromatic N) is 4. The van der Waals surface area contributed by atoms with Crippen LogP contribution in [0.3, 0.4) is 0 Å². The van der Waals surface area contributed by atoms with E-state index in [-0.39, 0.29) is 55.5 Å². The molecule has 1 aromatic heterocycles. The summed E-state index contributed by atoms with van der Waals surface area (Å²) in [6.45, 7) is 3.80. The van der Waals surface area contributed by atoms with Crippen LogP contribution < -0.4 is 4.74 Å². The highest BCUT2D eigenvalue weighted by Crippen LogP contribution is 2.31. The van der Waals surface area contributed by atoms with Crippen molar-refractivity contribution in [3.05, 3.63) is 53.8 Å². The number of piperazine rings is 1. The zero-order valence-electron chi connectivity index (χ0n) is 21.4. The predicted octanol–water partition coefficient (Wildman–Crippen LogP) is 3.58.